The molecule has 3 N–H and O–H groups in total. The zero-order chi connectivity index (χ0) is 14.3. The maximum atomic E-state index is 12.4. The molecule has 0 aromatic carbocycles. The van der Waals surface area contributed by atoms with Gasteiger partial charge in [-0.25, -0.2) is 0 Å². The topological polar surface area (TPSA) is 77.0 Å². The normalized spacial score (nSPS) is 18.2. The highest BCUT2D eigenvalue weighted by Crippen LogP contribution is 2.38. The summed E-state index contributed by atoms with van der Waals surface area (Å²) in [6, 6.07) is 0. The van der Waals surface area contributed by atoms with Crippen molar-refractivity contribution in [2.75, 3.05) is 40.8 Å². The van der Waals surface area contributed by atoms with E-state index in [1.165, 1.54) is 0 Å². The second-order valence-corrected chi connectivity index (χ2v) is 5.26. The Kier molecular flexibility index (Phi) is 6.08. The van der Waals surface area contributed by atoms with Crippen molar-refractivity contribution in [3.8, 4) is 0 Å². The maximum Gasteiger partial charge on any atom is 0.230 e. The Labute approximate surface area is 115 Å². The highest BCUT2D eigenvalue weighted by atomic mass is 16.3. The third-order valence-corrected chi connectivity index (χ3v) is 3.64. The first-order valence-electron chi connectivity index (χ1n) is 6.83. The van der Waals surface area contributed by atoms with Crippen LogP contribution < -0.4 is 10.6 Å². The van der Waals surface area contributed by atoms with Crippen molar-refractivity contribution in [1.29, 1.82) is 0 Å². The van der Waals surface area contributed by atoms with Crippen molar-refractivity contribution in [2.45, 2.75) is 25.7 Å². The summed E-state index contributed by atoms with van der Waals surface area (Å²) in [5.74, 6) is 0.821. The summed E-state index contributed by atoms with van der Waals surface area (Å²) in [5.41, 5.74) is -0.305. The average Bonchev–Trinajstić information content (AvgIpc) is 2.88. The fourth-order valence-corrected chi connectivity index (χ4v) is 2.64. The predicted octanol–water partition coefficient (Wildman–Crippen LogP) is -0.208. The molecule has 0 aliphatic heterocycles. The Hall–Kier alpha value is -1.30. The molecule has 0 aromatic heterocycles. The number of aliphatic imine (C=N–C) groups is 1. The highest BCUT2D eigenvalue weighted by Gasteiger charge is 2.41. The Balaban J connectivity index is 2.62. The number of nitrogens with one attached hydrogen (secondary N) is 2. The van der Waals surface area contributed by atoms with E-state index in [0.29, 0.717) is 19.0 Å². The van der Waals surface area contributed by atoms with Crippen molar-refractivity contribution in [3.05, 3.63) is 0 Å². The quantitative estimate of drug-likeness (QED) is 0.477. The number of hydrogen-bond acceptors (Lipinski definition) is 3. The number of guanidine groups is 1. The predicted molar refractivity (Wildman–Crippen MR) is 76.0 cm³/mol. The summed E-state index contributed by atoms with van der Waals surface area (Å²) in [6.45, 7) is 1.10. The van der Waals surface area contributed by atoms with Gasteiger partial charge in [0.25, 0.3) is 0 Å². The fraction of sp³-hybridized carbons (Fsp3) is 0.846. The SMILES string of the molecule is CN=C(NCCO)NCC1(C(=O)N(C)C)CCCC1. The van der Waals surface area contributed by atoms with Crippen LogP contribution in [-0.4, -0.2) is 62.7 Å². The lowest BCUT2D eigenvalue weighted by molar-refractivity contribution is -0.138. The first-order valence-corrected chi connectivity index (χ1v) is 6.83. The Morgan fingerprint density at radius 2 is 1.95 bits per heavy atom. The molecule has 0 atom stereocenters. The number of rotatable bonds is 5. The lowest BCUT2D eigenvalue weighted by Gasteiger charge is -2.31. The third kappa shape index (κ3) is 4.09. The zero-order valence-corrected chi connectivity index (χ0v) is 12.2. The van der Waals surface area contributed by atoms with Gasteiger partial charge < -0.3 is 20.6 Å². The minimum absolute atomic E-state index is 0.0580. The van der Waals surface area contributed by atoms with Crippen LogP contribution in [-0.2, 0) is 4.79 Å². The number of aliphatic hydroxyl groups excluding tert-OH is 1. The zero-order valence-electron chi connectivity index (χ0n) is 12.2. The lowest BCUT2D eigenvalue weighted by atomic mass is 9.84. The second-order valence-electron chi connectivity index (χ2n) is 5.26. The van der Waals surface area contributed by atoms with Crippen molar-refractivity contribution in [1.82, 2.24) is 15.5 Å². The molecular formula is C13H26N4O2. The van der Waals surface area contributed by atoms with E-state index in [1.54, 1.807) is 26.0 Å². The van der Waals surface area contributed by atoms with Crippen molar-refractivity contribution in [3.63, 3.8) is 0 Å². The summed E-state index contributed by atoms with van der Waals surface area (Å²) < 4.78 is 0. The van der Waals surface area contributed by atoms with Gasteiger partial charge in [0.2, 0.25) is 5.91 Å². The van der Waals surface area contributed by atoms with Gasteiger partial charge in [-0.2, -0.15) is 0 Å². The number of nitrogens with zero attached hydrogens (tertiary/aromatic N) is 2. The number of carbonyl (C=O) groups is 1. The van der Waals surface area contributed by atoms with E-state index >= 15 is 0 Å². The Morgan fingerprint density at radius 1 is 1.32 bits per heavy atom. The van der Waals surface area contributed by atoms with Crippen LogP contribution in [0.4, 0.5) is 0 Å². The van der Waals surface area contributed by atoms with Crippen LogP contribution in [0.3, 0.4) is 0 Å². The van der Waals surface area contributed by atoms with E-state index in [9.17, 15) is 4.79 Å². The third-order valence-electron chi connectivity index (χ3n) is 3.64. The molecule has 0 unspecified atom stereocenters. The molecule has 0 spiro atoms. The van der Waals surface area contributed by atoms with Gasteiger partial charge in [0, 0.05) is 34.2 Å². The summed E-state index contributed by atoms with van der Waals surface area (Å²) in [6.07, 6.45) is 4.05. The first kappa shape index (κ1) is 15.8. The van der Waals surface area contributed by atoms with Gasteiger partial charge in [0.1, 0.15) is 0 Å². The van der Waals surface area contributed by atoms with Gasteiger partial charge in [-0.3, -0.25) is 9.79 Å². The van der Waals surface area contributed by atoms with Gasteiger partial charge in [-0.15, -0.1) is 0 Å². The molecule has 1 aliphatic rings. The first-order chi connectivity index (χ1) is 9.05. The van der Waals surface area contributed by atoms with Crippen LogP contribution in [0, 0.1) is 5.41 Å². The van der Waals surface area contributed by atoms with Crippen LogP contribution in [0.25, 0.3) is 0 Å². The van der Waals surface area contributed by atoms with Gasteiger partial charge in [-0.1, -0.05) is 12.8 Å². The molecule has 6 nitrogen and oxygen atoms in total. The van der Waals surface area contributed by atoms with E-state index in [-0.39, 0.29) is 17.9 Å². The lowest BCUT2D eigenvalue weighted by Crippen LogP contribution is -2.49. The minimum atomic E-state index is -0.305. The van der Waals surface area contributed by atoms with Crippen molar-refractivity contribution in [2.24, 2.45) is 10.4 Å². The van der Waals surface area contributed by atoms with E-state index in [2.05, 4.69) is 15.6 Å². The maximum absolute atomic E-state index is 12.4. The van der Waals surface area contributed by atoms with Crippen LogP contribution in [0.1, 0.15) is 25.7 Å². The van der Waals surface area contributed by atoms with Crippen LogP contribution >= 0.6 is 0 Å². The van der Waals surface area contributed by atoms with Crippen molar-refractivity contribution < 1.29 is 9.90 Å². The number of aliphatic hydroxyl groups is 1. The molecule has 110 valence electrons. The molecule has 1 fully saturated rings. The number of carbonyl (C=O) groups excluding carboxylic acids is 1. The summed E-state index contributed by atoms with van der Waals surface area (Å²) >= 11 is 0. The molecule has 0 bridgehead atoms. The molecule has 19 heavy (non-hydrogen) atoms. The van der Waals surface area contributed by atoms with Crippen LogP contribution in [0.2, 0.25) is 0 Å². The summed E-state index contributed by atoms with van der Waals surface area (Å²) in [4.78, 5) is 18.1. The molecule has 1 aliphatic carbocycles. The van der Waals surface area contributed by atoms with E-state index in [4.69, 9.17) is 5.11 Å². The Bertz CT molecular complexity index is 323. The molecule has 0 aromatic rings. The van der Waals surface area contributed by atoms with Gasteiger partial charge in [0.05, 0.1) is 12.0 Å². The van der Waals surface area contributed by atoms with Gasteiger partial charge in [0.15, 0.2) is 5.96 Å². The van der Waals surface area contributed by atoms with E-state index in [1.807, 2.05) is 0 Å². The average molecular weight is 270 g/mol. The molecule has 1 saturated carbocycles. The second kappa shape index (κ2) is 7.33. The van der Waals surface area contributed by atoms with Crippen LogP contribution in [0.15, 0.2) is 4.99 Å². The van der Waals surface area contributed by atoms with Gasteiger partial charge in [-0.05, 0) is 12.8 Å². The molecule has 6 heteroatoms. The smallest absolute Gasteiger partial charge is 0.230 e. The molecule has 0 heterocycles. The molecule has 0 radical (unpaired) electrons. The molecular weight excluding hydrogens is 244 g/mol. The monoisotopic (exact) mass is 270 g/mol. The fourth-order valence-electron chi connectivity index (χ4n) is 2.64. The molecule has 0 saturated heterocycles. The van der Waals surface area contributed by atoms with Crippen molar-refractivity contribution >= 4 is 11.9 Å². The summed E-state index contributed by atoms with van der Waals surface area (Å²) in [5, 5.41) is 15.0. The highest BCUT2D eigenvalue weighted by molar-refractivity contribution is 5.85. The van der Waals surface area contributed by atoms with Crippen LogP contribution in [0.5, 0.6) is 0 Å². The van der Waals surface area contributed by atoms with E-state index < -0.39 is 0 Å². The van der Waals surface area contributed by atoms with Gasteiger partial charge >= 0.3 is 0 Å². The molecule has 1 rings (SSSR count). The van der Waals surface area contributed by atoms with E-state index in [0.717, 1.165) is 25.7 Å². The number of amides is 1. The molecule has 1 amide bonds. The standard InChI is InChI=1S/C13H26N4O2/c1-14-12(15-8-9-18)16-10-13(6-4-5-7-13)11(19)17(2)3/h18H,4-10H2,1-3H3,(H2,14,15,16). The Morgan fingerprint density at radius 3 is 2.42 bits per heavy atom. The summed E-state index contributed by atoms with van der Waals surface area (Å²) in [7, 11) is 5.30. The number of hydrogen-bond donors (Lipinski definition) is 3. The minimum Gasteiger partial charge on any atom is -0.395 e. The largest absolute Gasteiger partial charge is 0.395 e.